The topological polar surface area (TPSA) is 91.7 Å². The van der Waals surface area contributed by atoms with E-state index in [-0.39, 0.29) is 5.56 Å². The van der Waals surface area contributed by atoms with Crippen LogP contribution in [0.15, 0.2) is 82.7 Å². The average Bonchev–Trinajstić information content (AvgIpc) is 2.82. The Bertz CT molecular complexity index is 1360. The first-order valence-electron chi connectivity index (χ1n) is 9.48. The second-order valence-electron chi connectivity index (χ2n) is 6.54. The molecule has 0 bridgehead atoms. The van der Waals surface area contributed by atoms with Crippen LogP contribution in [0.3, 0.4) is 0 Å². The summed E-state index contributed by atoms with van der Waals surface area (Å²) in [5.41, 5.74) is 2.22. The van der Waals surface area contributed by atoms with Crippen molar-refractivity contribution in [2.45, 2.75) is 5.16 Å². The van der Waals surface area contributed by atoms with E-state index in [4.69, 9.17) is 20.2 Å². The number of hydrogen-bond acceptors (Lipinski definition) is 6. The fourth-order valence-corrected chi connectivity index (χ4v) is 3.87. The van der Waals surface area contributed by atoms with Gasteiger partial charge in [-0.1, -0.05) is 23.9 Å². The molecule has 150 valence electrons. The number of aromatic nitrogens is 2. The molecule has 0 fully saturated rings. The Morgan fingerprint density at radius 1 is 0.903 bits per heavy atom. The van der Waals surface area contributed by atoms with Crippen molar-refractivity contribution in [2.75, 3.05) is 12.4 Å². The molecule has 31 heavy (non-hydrogen) atoms. The van der Waals surface area contributed by atoms with Crippen LogP contribution in [0.2, 0.25) is 0 Å². The molecule has 1 aromatic heterocycles. The molecule has 1 heterocycles. The molecule has 0 atom stereocenters. The highest BCUT2D eigenvalue weighted by atomic mass is 32.2. The van der Waals surface area contributed by atoms with E-state index in [1.807, 2.05) is 18.2 Å². The monoisotopic (exact) mass is 424 g/mol. The summed E-state index contributed by atoms with van der Waals surface area (Å²) >= 11 is 1.42. The lowest BCUT2D eigenvalue weighted by atomic mass is 10.2. The van der Waals surface area contributed by atoms with Crippen molar-refractivity contribution in [2.24, 2.45) is 0 Å². The molecule has 0 saturated carbocycles. The maximum absolute atomic E-state index is 13.2. The van der Waals surface area contributed by atoms with Gasteiger partial charge in [-0.15, -0.1) is 0 Å². The van der Waals surface area contributed by atoms with Gasteiger partial charge in [-0.05, 0) is 60.7 Å². The Labute approximate surface area is 183 Å². The maximum atomic E-state index is 13.2. The van der Waals surface area contributed by atoms with Crippen LogP contribution < -0.4 is 10.3 Å². The van der Waals surface area contributed by atoms with Crippen molar-refractivity contribution in [1.82, 2.24) is 9.55 Å². The minimum atomic E-state index is -0.161. The van der Waals surface area contributed by atoms with Gasteiger partial charge in [-0.25, -0.2) is 4.98 Å². The smallest absolute Gasteiger partial charge is 0.266 e. The first-order chi connectivity index (χ1) is 15.2. The minimum absolute atomic E-state index is 0.161. The highest BCUT2D eigenvalue weighted by Crippen LogP contribution is 2.22. The van der Waals surface area contributed by atoms with Crippen molar-refractivity contribution >= 4 is 22.7 Å². The standard InChI is InChI=1S/C24H16N4O2S/c25-15-17-5-9-19(10-6-17)28-23(29)21-3-1-2-4-22(21)27-24(28)31-14-13-30-20-11-7-18(16-26)8-12-20/h1-12H,13-14H2. The fraction of sp³-hybridized carbons (Fsp3) is 0.0833. The summed E-state index contributed by atoms with van der Waals surface area (Å²) in [5, 5.41) is 19.0. The van der Waals surface area contributed by atoms with Crippen LogP contribution in [-0.2, 0) is 0 Å². The van der Waals surface area contributed by atoms with Gasteiger partial charge in [0, 0.05) is 5.75 Å². The van der Waals surface area contributed by atoms with E-state index in [1.54, 1.807) is 59.2 Å². The number of ether oxygens (including phenoxy) is 1. The summed E-state index contributed by atoms with van der Waals surface area (Å²) in [6.45, 7) is 0.409. The number of hydrogen-bond donors (Lipinski definition) is 0. The zero-order valence-electron chi connectivity index (χ0n) is 16.4. The molecule has 6 nitrogen and oxygen atoms in total. The first-order valence-corrected chi connectivity index (χ1v) is 10.5. The lowest BCUT2D eigenvalue weighted by Gasteiger charge is -2.13. The average molecular weight is 424 g/mol. The molecule has 7 heteroatoms. The van der Waals surface area contributed by atoms with E-state index in [2.05, 4.69) is 12.1 Å². The van der Waals surface area contributed by atoms with Gasteiger partial charge < -0.3 is 4.74 Å². The second-order valence-corrected chi connectivity index (χ2v) is 7.61. The number of thioether (sulfide) groups is 1. The van der Waals surface area contributed by atoms with Crippen LogP contribution in [0, 0.1) is 22.7 Å². The molecule has 0 amide bonds. The predicted molar refractivity (Wildman–Crippen MR) is 119 cm³/mol. The SMILES string of the molecule is N#Cc1ccc(OCCSc2nc3ccccc3c(=O)n2-c2ccc(C#N)cc2)cc1. The highest BCUT2D eigenvalue weighted by molar-refractivity contribution is 7.99. The molecule has 0 aliphatic heterocycles. The van der Waals surface area contributed by atoms with Crippen LogP contribution in [0.5, 0.6) is 5.75 Å². The largest absolute Gasteiger partial charge is 0.493 e. The van der Waals surface area contributed by atoms with E-state index in [0.29, 0.717) is 51.0 Å². The van der Waals surface area contributed by atoms with E-state index in [0.717, 1.165) is 0 Å². The van der Waals surface area contributed by atoms with Gasteiger partial charge in [0.25, 0.3) is 5.56 Å². The first kappa shape index (κ1) is 20.2. The molecule has 0 unspecified atom stereocenters. The van der Waals surface area contributed by atoms with Crippen molar-refractivity contribution in [3.05, 3.63) is 94.3 Å². The number of fused-ring (bicyclic) bond motifs is 1. The zero-order valence-corrected chi connectivity index (χ0v) is 17.2. The Balaban J connectivity index is 1.60. The molecule has 0 saturated heterocycles. The maximum Gasteiger partial charge on any atom is 0.266 e. The molecule has 0 aliphatic carbocycles. The summed E-state index contributed by atoms with van der Waals surface area (Å²) in [6.07, 6.45) is 0. The predicted octanol–water partition coefficient (Wildman–Crippen LogP) is 4.30. The zero-order chi connectivity index (χ0) is 21.6. The Kier molecular flexibility index (Phi) is 5.98. The van der Waals surface area contributed by atoms with Crippen LogP contribution in [-0.4, -0.2) is 21.9 Å². The highest BCUT2D eigenvalue weighted by Gasteiger charge is 2.13. The molecular formula is C24H16N4O2S. The van der Waals surface area contributed by atoms with Crippen molar-refractivity contribution < 1.29 is 4.74 Å². The van der Waals surface area contributed by atoms with E-state index < -0.39 is 0 Å². The Morgan fingerprint density at radius 2 is 1.55 bits per heavy atom. The van der Waals surface area contributed by atoms with Crippen LogP contribution in [0.4, 0.5) is 0 Å². The second kappa shape index (κ2) is 9.17. The van der Waals surface area contributed by atoms with Gasteiger partial charge in [0.15, 0.2) is 5.16 Å². The summed E-state index contributed by atoms with van der Waals surface area (Å²) < 4.78 is 7.30. The Hall–Kier alpha value is -4.07. The lowest BCUT2D eigenvalue weighted by molar-refractivity contribution is 0.344. The van der Waals surface area contributed by atoms with Gasteiger partial charge in [0.2, 0.25) is 0 Å². The molecule has 4 rings (SSSR count). The normalized spacial score (nSPS) is 10.4. The van der Waals surface area contributed by atoms with Crippen LogP contribution in [0.25, 0.3) is 16.6 Å². The quantitative estimate of drug-likeness (QED) is 0.260. The van der Waals surface area contributed by atoms with Crippen molar-refractivity contribution in [3.63, 3.8) is 0 Å². The van der Waals surface area contributed by atoms with Gasteiger partial charge >= 0.3 is 0 Å². The minimum Gasteiger partial charge on any atom is -0.493 e. The van der Waals surface area contributed by atoms with E-state index in [9.17, 15) is 4.79 Å². The molecule has 3 aromatic carbocycles. The number of nitrogens with zero attached hydrogens (tertiary/aromatic N) is 4. The molecule has 0 aliphatic rings. The van der Waals surface area contributed by atoms with Crippen molar-refractivity contribution in [1.29, 1.82) is 10.5 Å². The summed E-state index contributed by atoms with van der Waals surface area (Å²) in [4.78, 5) is 17.9. The van der Waals surface area contributed by atoms with Gasteiger partial charge in [0.05, 0.1) is 46.5 Å². The molecule has 0 N–H and O–H groups in total. The fourth-order valence-electron chi connectivity index (χ4n) is 3.04. The van der Waals surface area contributed by atoms with E-state index >= 15 is 0 Å². The molecule has 0 spiro atoms. The molecular weight excluding hydrogens is 408 g/mol. The van der Waals surface area contributed by atoms with Crippen LogP contribution >= 0.6 is 11.8 Å². The number of benzene rings is 3. The summed E-state index contributed by atoms with van der Waals surface area (Å²) in [6, 6.07) is 25.2. The van der Waals surface area contributed by atoms with Crippen LogP contribution in [0.1, 0.15) is 11.1 Å². The van der Waals surface area contributed by atoms with Crippen molar-refractivity contribution in [3.8, 4) is 23.6 Å². The molecule has 4 aromatic rings. The Morgan fingerprint density at radius 3 is 2.23 bits per heavy atom. The van der Waals surface area contributed by atoms with Gasteiger partial charge in [-0.2, -0.15) is 10.5 Å². The third-order valence-electron chi connectivity index (χ3n) is 4.57. The number of rotatable bonds is 6. The number of nitriles is 2. The lowest BCUT2D eigenvalue weighted by Crippen LogP contribution is -2.22. The van der Waals surface area contributed by atoms with E-state index in [1.165, 1.54) is 11.8 Å². The summed E-state index contributed by atoms with van der Waals surface area (Å²) in [5.74, 6) is 1.25. The number of para-hydroxylation sites is 1. The molecule has 0 radical (unpaired) electrons. The summed E-state index contributed by atoms with van der Waals surface area (Å²) in [7, 11) is 0. The third-order valence-corrected chi connectivity index (χ3v) is 5.47. The third kappa shape index (κ3) is 4.42. The van der Waals surface area contributed by atoms with Gasteiger partial charge in [0.1, 0.15) is 5.75 Å². The van der Waals surface area contributed by atoms with Gasteiger partial charge in [-0.3, -0.25) is 9.36 Å².